The molecule has 0 saturated carbocycles. The van der Waals surface area contributed by atoms with E-state index in [1.54, 1.807) is 11.3 Å². The van der Waals surface area contributed by atoms with Gasteiger partial charge in [-0.1, -0.05) is 6.42 Å². The molecule has 1 aromatic heterocycles. The number of nitrogens with zero attached hydrogens (tertiary/aromatic N) is 3. The largest absolute Gasteiger partial charge is 0.340 e. The molecule has 0 aromatic carbocycles. The van der Waals surface area contributed by atoms with Gasteiger partial charge in [0.25, 0.3) is 0 Å². The fraction of sp³-hybridized carbons (Fsp3) is 0.750. The first-order valence-electron chi connectivity index (χ1n) is 8.38. The molecule has 3 rings (SSSR count). The van der Waals surface area contributed by atoms with Crippen LogP contribution in [-0.4, -0.2) is 60.0 Å². The highest BCUT2D eigenvalue weighted by molar-refractivity contribution is 7.09. The van der Waals surface area contributed by atoms with E-state index in [4.69, 9.17) is 0 Å². The van der Waals surface area contributed by atoms with Crippen LogP contribution in [0.4, 0.5) is 0 Å². The van der Waals surface area contributed by atoms with Crippen LogP contribution in [0.15, 0.2) is 5.38 Å². The number of aromatic nitrogens is 1. The Hall–Kier alpha value is -0.980. The molecule has 22 heavy (non-hydrogen) atoms. The van der Waals surface area contributed by atoms with E-state index in [0.29, 0.717) is 18.4 Å². The van der Waals surface area contributed by atoms with Crippen LogP contribution < -0.4 is 5.32 Å². The lowest BCUT2D eigenvalue weighted by atomic mass is 10.0. The third-order valence-corrected chi connectivity index (χ3v) is 5.68. The first-order chi connectivity index (χ1) is 10.7. The lowest BCUT2D eigenvalue weighted by Gasteiger charge is -2.35. The van der Waals surface area contributed by atoms with Gasteiger partial charge in [0.15, 0.2) is 0 Å². The van der Waals surface area contributed by atoms with Crippen LogP contribution in [0, 0.1) is 6.92 Å². The minimum atomic E-state index is 0.307. The number of rotatable bonds is 4. The zero-order chi connectivity index (χ0) is 15.4. The van der Waals surface area contributed by atoms with Gasteiger partial charge in [-0.15, -0.1) is 11.3 Å². The first kappa shape index (κ1) is 15.9. The molecular formula is C16H26N4OS. The monoisotopic (exact) mass is 322 g/mol. The van der Waals surface area contributed by atoms with Gasteiger partial charge in [-0.25, -0.2) is 4.98 Å². The molecule has 2 aliphatic rings. The van der Waals surface area contributed by atoms with E-state index < -0.39 is 0 Å². The number of thiazole rings is 1. The SMILES string of the molecule is Cc1csc(C2CCCCN2CCC(=O)N2CCNCC2)n1. The lowest BCUT2D eigenvalue weighted by Crippen LogP contribution is -2.47. The molecule has 2 aliphatic heterocycles. The van der Waals surface area contributed by atoms with Gasteiger partial charge in [-0.05, 0) is 26.3 Å². The summed E-state index contributed by atoms with van der Waals surface area (Å²) in [5.74, 6) is 0.307. The van der Waals surface area contributed by atoms with E-state index in [1.807, 2.05) is 4.90 Å². The second kappa shape index (κ2) is 7.53. The molecule has 6 heteroatoms. The van der Waals surface area contributed by atoms with Gasteiger partial charge in [-0.3, -0.25) is 9.69 Å². The summed E-state index contributed by atoms with van der Waals surface area (Å²) in [4.78, 5) is 21.5. The molecule has 1 amide bonds. The molecule has 1 atom stereocenters. The Morgan fingerprint density at radius 1 is 1.36 bits per heavy atom. The molecule has 0 radical (unpaired) electrons. The van der Waals surface area contributed by atoms with E-state index in [9.17, 15) is 4.79 Å². The van der Waals surface area contributed by atoms with Crippen molar-refractivity contribution in [2.75, 3.05) is 39.3 Å². The molecule has 2 saturated heterocycles. The Morgan fingerprint density at radius 3 is 2.91 bits per heavy atom. The van der Waals surface area contributed by atoms with E-state index in [2.05, 4.69) is 27.5 Å². The summed E-state index contributed by atoms with van der Waals surface area (Å²) in [6.45, 7) is 7.58. The number of amides is 1. The second-order valence-corrected chi connectivity index (χ2v) is 7.15. The number of likely N-dealkylation sites (tertiary alicyclic amines) is 1. The van der Waals surface area contributed by atoms with Crippen molar-refractivity contribution in [3.05, 3.63) is 16.1 Å². The number of piperidine rings is 1. The minimum absolute atomic E-state index is 0.307. The van der Waals surface area contributed by atoms with Gasteiger partial charge < -0.3 is 10.2 Å². The summed E-state index contributed by atoms with van der Waals surface area (Å²) < 4.78 is 0. The van der Waals surface area contributed by atoms with Gasteiger partial charge in [0.1, 0.15) is 5.01 Å². The standard InChI is InChI=1S/C16H26N4OS/c1-13-12-22-16(18-13)14-4-2-3-8-19(14)9-5-15(21)20-10-6-17-7-11-20/h12,14,17H,2-11H2,1H3. The molecule has 0 spiro atoms. The van der Waals surface area contributed by atoms with Crippen molar-refractivity contribution in [3.63, 3.8) is 0 Å². The Labute approximate surface area is 136 Å². The van der Waals surface area contributed by atoms with Crippen LogP contribution in [0.25, 0.3) is 0 Å². The van der Waals surface area contributed by atoms with E-state index in [-0.39, 0.29) is 0 Å². The van der Waals surface area contributed by atoms with Crippen molar-refractivity contribution in [3.8, 4) is 0 Å². The van der Waals surface area contributed by atoms with Crippen molar-refractivity contribution in [1.29, 1.82) is 0 Å². The number of hydrogen-bond donors (Lipinski definition) is 1. The van der Waals surface area contributed by atoms with Gasteiger partial charge in [0.05, 0.1) is 6.04 Å². The number of aryl methyl sites for hydroxylation is 1. The molecule has 0 aliphatic carbocycles. The average Bonchev–Trinajstić information content (AvgIpc) is 3.00. The molecule has 2 fully saturated rings. The van der Waals surface area contributed by atoms with Crippen molar-refractivity contribution >= 4 is 17.2 Å². The van der Waals surface area contributed by atoms with Crippen molar-refractivity contribution in [2.45, 2.75) is 38.6 Å². The van der Waals surface area contributed by atoms with Gasteiger partial charge in [0, 0.05) is 50.2 Å². The fourth-order valence-electron chi connectivity index (χ4n) is 3.38. The van der Waals surface area contributed by atoms with Crippen LogP contribution in [0.5, 0.6) is 0 Å². The van der Waals surface area contributed by atoms with Crippen molar-refractivity contribution < 1.29 is 4.79 Å². The number of carbonyl (C=O) groups is 1. The van der Waals surface area contributed by atoms with Gasteiger partial charge in [-0.2, -0.15) is 0 Å². The molecule has 0 bridgehead atoms. The molecule has 1 aromatic rings. The summed E-state index contributed by atoms with van der Waals surface area (Å²) in [6.07, 6.45) is 4.32. The highest BCUT2D eigenvalue weighted by atomic mass is 32.1. The summed E-state index contributed by atoms with van der Waals surface area (Å²) in [6, 6.07) is 0.420. The third kappa shape index (κ3) is 3.86. The first-order valence-corrected chi connectivity index (χ1v) is 9.26. The second-order valence-electron chi connectivity index (χ2n) is 6.26. The highest BCUT2D eigenvalue weighted by Gasteiger charge is 2.27. The van der Waals surface area contributed by atoms with Crippen LogP contribution in [0.1, 0.15) is 42.4 Å². The maximum absolute atomic E-state index is 12.3. The van der Waals surface area contributed by atoms with Crippen LogP contribution in [0.2, 0.25) is 0 Å². The highest BCUT2D eigenvalue weighted by Crippen LogP contribution is 2.32. The zero-order valence-electron chi connectivity index (χ0n) is 13.4. The maximum Gasteiger partial charge on any atom is 0.223 e. The van der Waals surface area contributed by atoms with Crippen molar-refractivity contribution in [1.82, 2.24) is 20.1 Å². The molecule has 1 unspecified atom stereocenters. The topological polar surface area (TPSA) is 48.5 Å². The number of carbonyl (C=O) groups excluding carboxylic acids is 1. The third-order valence-electron chi connectivity index (χ3n) is 4.62. The van der Waals surface area contributed by atoms with E-state index in [0.717, 1.165) is 45.0 Å². The Bertz CT molecular complexity index is 498. The summed E-state index contributed by atoms with van der Waals surface area (Å²) in [7, 11) is 0. The lowest BCUT2D eigenvalue weighted by molar-refractivity contribution is -0.132. The smallest absolute Gasteiger partial charge is 0.223 e. The molecule has 122 valence electrons. The predicted molar refractivity (Wildman–Crippen MR) is 89.1 cm³/mol. The Balaban J connectivity index is 1.56. The van der Waals surface area contributed by atoms with Gasteiger partial charge >= 0.3 is 0 Å². The molecular weight excluding hydrogens is 296 g/mol. The predicted octanol–water partition coefficient (Wildman–Crippen LogP) is 1.80. The molecule has 3 heterocycles. The zero-order valence-corrected chi connectivity index (χ0v) is 14.2. The number of piperazine rings is 1. The average molecular weight is 322 g/mol. The van der Waals surface area contributed by atoms with E-state index >= 15 is 0 Å². The number of hydrogen-bond acceptors (Lipinski definition) is 5. The maximum atomic E-state index is 12.3. The fourth-order valence-corrected chi connectivity index (χ4v) is 4.34. The molecule has 1 N–H and O–H groups in total. The van der Waals surface area contributed by atoms with Gasteiger partial charge in [0.2, 0.25) is 5.91 Å². The van der Waals surface area contributed by atoms with Crippen LogP contribution in [-0.2, 0) is 4.79 Å². The summed E-state index contributed by atoms with van der Waals surface area (Å²) in [5.41, 5.74) is 1.11. The summed E-state index contributed by atoms with van der Waals surface area (Å²) >= 11 is 1.77. The molecule has 5 nitrogen and oxygen atoms in total. The minimum Gasteiger partial charge on any atom is -0.340 e. The Morgan fingerprint density at radius 2 is 2.18 bits per heavy atom. The summed E-state index contributed by atoms with van der Waals surface area (Å²) in [5, 5.41) is 6.66. The van der Waals surface area contributed by atoms with Crippen LogP contribution in [0.3, 0.4) is 0 Å². The normalized spacial score (nSPS) is 23.7. The van der Waals surface area contributed by atoms with E-state index in [1.165, 1.54) is 24.3 Å². The Kier molecular flexibility index (Phi) is 5.44. The number of nitrogens with one attached hydrogen (secondary N) is 1. The van der Waals surface area contributed by atoms with Crippen molar-refractivity contribution in [2.24, 2.45) is 0 Å². The van der Waals surface area contributed by atoms with Crippen LogP contribution >= 0.6 is 11.3 Å². The quantitative estimate of drug-likeness (QED) is 0.918.